The lowest BCUT2D eigenvalue weighted by Gasteiger charge is -2.12. The van der Waals surface area contributed by atoms with Gasteiger partial charge in [0.2, 0.25) is 0 Å². The van der Waals surface area contributed by atoms with Crippen LogP contribution in [-0.2, 0) is 6.54 Å². The molecule has 0 bridgehead atoms. The highest BCUT2D eigenvalue weighted by atomic mass is 19.1. The fourth-order valence-electron chi connectivity index (χ4n) is 1.93. The minimum atomic E-state index is -0.503. The molecule has 128 valence electrons. The molecular weight excluding hydrogens is 318 g/mol. The molecule has 2 rings (SSSR count). The lowest BCUT2D eigenvalue weighted by atomic mass is 10.2. The van der Waals surface area contributed by atoms with Crippen LogP contribution in [0.2, 0.25) is 0 Å². The van der Waals surface area contributed by atoms with Crippen LogP contribution in [0.25, 0.3) is 0 Å². The number of hydrogen-bond donors (Lipinski definition) is 3. The minimum Gasteiger partial charge on any atom is -0.459 e. The molecule has 0 fully saturated rings. The van der Waals surface area contributed by atoms with Crippen LogP contribution < -0.4 is 16.0 Å². The standard InChI is InChI=1S/C16H18F2N4O2/c1-19-16(22-10-11-9-12(17)4-5-13(11)18)21-7-6-20-15(23)14-3-2-8-24-14/h2-5,8-9H,6-7,10H2,1H3,(H,20,23)(H2,19,21,22). The Morgan fingerprint density at radius 3 is 2.67 bits per heavy atom. The maximum atomic E-state index is 13.5. The largest absolute Gasteiger partial charge is 0.459 e. The van der Waals surface area contributed by atoms with Crippen LogP contribution in [0.1, 0.15) is 16.1 Å². The summed E-state index contributed by atoms with van der Waals surface area (Å²) in [6.07, 6.45) is 1.42. The fourth-order valence-corrected chi connectivity index (χ4v) is 1.93. The Morgan fingerprint density at radius 1 is 1.17 bits per heavy atom. The van der Waals surface area contributed by atoms with Crippen LogP contribution in [0.4, 0.5) is 8.78 Å². The first-order valence-electron chi connectivity index (χ1n) is 7.30. The van der Waals surface area contributed by atoms with Crippen LogP contribution >= 0.6 is 0 Å². The molecule has 0 aliphatic carbocycles. The van der Waals surface area contributed by atoms with E-state index in [9.17, 15) is 13.6 Å². The van der Waals surface area contributed by atoms with E-state index in [1.165, 1.54) is 6.26 Å². The van der Waals surface area contributed by atoms with Crippen molar-refractivity contribution in [2.45, 2.75) is 6.54 Å². The van der Waals surface area contributed by atoms with Crippen molar-refractivity contribution in [3.05, 3.63) is 59.6 Å². The maximum Gasteiger partial charge on any atom is 0.287 e. The highest BCUT2D eigenvalue weighted by Gasteiger charge is 2.07. The van der Waals surface area contributed by atoms with E-state index in [0.29, 0.717) is 19.0 Å². The Hall–Kier alpha value is -2.90. The van der Waals surface area contributed by atoms with Crippen molar-refractivity contribution in [1.82, 2.24) is 16.0 Å². The third-order valence-corrected chi connectivity index (χ3v) is 3.13. The molecule has 6 nitrogen and oxygen atoms in total. The second-order valence-corrected chi connectivity index (χ2v) is 4.82. The van der Waals surface area contributed by atoms with Crippen molar-refractivity contribution in [2.24, 2.45) is 4.99 Å². The Bertz CT molecular complexity index is 702. The molecule has 0 saturated heterocycles. The topological polar surface area (TPSA) is 78.7 Å². The summed E-state index contributed by atoms with van der Waals surface area (Å²) in [5.41, 5.74) is 0.198. The Labute approximate surface area is 138 Å². The van der Waals surface area contributed by atoms with Crippen molar-refractivity contribution in [2.75, 3.05) is 20.1 Å². The number of benzene rings is 1. The molecule has 1 aromatic heterocycles. The molecule has 0 unspecified atom stereocenters. The van der Waals surface area contributed by atoms with Crippen molar-refractivity contribution >= 4 is 11.9 Å². The number of nitrogens with zero attached hydrogens (tertiary/aromatic N) is 1. The summed E-state index contributed by atoms with van der Waals surface area (Å²) in [5.74, 6) is -0.668. The molecule has 0 radical (unpaired) electrons. The number of guanidine groups is 1. The smallest absolute Gasteiger partial charge is 0.287 e. The van der Waals surface area contributed by atoms with Crippen LogP contribution in [0.3, 0.4) is 0 Å². The molecular formula is C16H18F2N4O2. The molecule has 8 heteroatoms. The van der Waals surface area contributed by atoms with Gasteiger partial charge < -0.3 is 20.4 Å². The van der Waals surface area contributed by atoms with E-state index >= 15 is 0 Å². The van der Waals surface area contributed by atoms with E-state index in [1.807, 2.05) is 0 Å². The van der Waals surface area contributed by atoms with E-state index in [4.69, 9.17) is 4.42 Å². The summed E-state index contributed by atoms with van der Waals surface area (Å²) in [6.45, 7) is 0.828. The van der Waals surface area contributed by atoms with E-state index in [2.05, 4.69) is 20.9 Å². The van der Waals surface area contributed by atoms with E-state index in [0.717, 1.165) is 18.2 Å². The Balaban J connectivity index is 1.72. The summed E-state index contributed by atoms with van der Waals surface area (Å²) in [4.78, 5) is 15.6. The maximum absolute atomic E-state index is 13.5. The minimum absolute atomic E-state index is 0.0853. The number of amides is 1. The Kier molecular flexibility index (Phi) is 6.30. The first kappa shape index (κ1) is 17.5. The van der Waals surface area contributed by atoms with Crippen molar-refractivity contribution < 1.29 is 18.0 Å². The molecule has 0 saturated carbocycles. The quantitative estimate of drug-likeness (QED) is 0.426. The zero-order valence-electron chi connectivity index (χ0n) is 13.1. The number of furan rings is 1. The van der Waals surface area contributed by atoms with Gasteiger partial charge >= 0.3 is 0 Å². The van der Waals surface area contributed by atoms with Crippen LogP contribution in [0, 0.1) is 11.6 Å². The summed E-state index contributed by atoms with van der Waals surface area (Å²) in [7, 11) is 1.55. The van der Waals surface area contributed by atoms with Crippen LogP contribution in [-0.4, -0.2) is 32.0 Å². The second kappa shape index (κ2) is 8.66. The molecule has 0 spiro atoms. The van der Waals surface area contributed by atoms with Crippen LogP contribution in [0.5, 0.6) is 0 Å². The summed E-state index contributed by atoms with van der Waals surface area (Å²) in [5, 5.41) is 8.49. The highest BCUT2D eigenvalue weighted by molar-refractivity contribution is 5.91. The molecule has 0 aliphatic rings. The number of hydrogen-bond acceptors (Lipinski definition) is 3. The zero-order chi connectivity index (χ0) is 17.4. The zero-order valence-corrected chi connectivity index (χ0v) is 13.1. The number of carbonyl (C=O) groups excluding carboxylic acids is 1. The molecule has 1 amide bonds. The normalized spacial score (nSPS) is 11.2. The van der Waals surface area contributed by atoms with Gasteiger partial charge in [-0.2, -0.15) is 0 Å². The predicted molar refractivity (Wildman–Crippen MR) is 85.6 cm³/mol. The first-order chi connectivity index (χ1) is 11.6. The highest BCUT2D eigenvalue weighted by Crippen LogP contribution is 2.08. The summed E-state index contributed by atoms with van der Waals surface area (Å²) >= 11 is 0. The molecule has 3 N–H and O–H groups in total. The lowest BCUT2D eigenvalue weighted by Crippen LogP contribution is -2.41. The SMILES string of the molecule is CN=C(NCCNC(=O)c1ccco1)NCc1cc(F)ccc1F. The van der Waals surface area contributed by atoms with Crippen molar-refractivity contribution in [1.29, 1.82) is 0 Å². The van der Waals surface area contributed by atoms with E-state index in [-0.39, 0.29) is 23.8 Å². The molecule has 0 atom stereocenters. The van der Waals surface area contributed by atoms with Gasteiger partial charge in [-0.1, -0.05) is 0 Å². The van der Waals surface area contributed by atoms with Crippen molar-refractivity contribution in [3.63, 3.8) is 0 Å². The summed E-state index contributed by atoms with van der Waals surface area (Å²) < 4.78 is 31.6. The summed E-state index contributed by atoms with van der Waals surface area (Å²) in [6, 6.07) is 6.46. The van der Waals surface area contributed by atoms with Gasteiger partial charge in [-0.15, -0.1) is 0 Å². The number of nitrogens with one attached hydrogen (secondary N) is 3. The number of aliphatic imine (C=N–C) groups is 1. The second-order valence-electron chi connectivity index (χ2n) is 4.82. The first-order valence-corrected chi connectivity index (χ1v) is 7.30. The number of rotatable bonds is 6. The molecule has 24 heavy (non-hydrogen) atoms. The fraction of sp³-hybridized carbons (Fsp3) is 0.250. The van der Waals surface area contributed by atoms with Crippen LogP contribution in [0.15, 0.2) is 46.0 Å². The average molecular weight is 336 g/mol. The van der Waals surface area contributed by atoms with Gasteiger partial charge in [-0.25, -0.2) is 8.78 Å². The predicted octanol–water partition coefficient (Wildman–Crippen LogP) is 1.65. The van der Waals surface area contributed by atoms with Gasteiger partial charge in [0.1, 0.15) is 11.6 Å². The molecule has 0 aliphatic heterocycles. The van der Waals surface area contributed by atoms with Crippen molar-refractivity contribution in [3.8, 4) is 0 Å². The molecule has 1 heterocycles. The number of halogens is 2. The molecule has 1 aromatic carbocycles. The van der Waals surface area contributed by atoms with Gasteiger partial charge in [0.25, 0.3) is 5.91 Å². The average Bonchev–Trinajstić information content (AvgIpc) is 3.11. The van der Waals surface area contributed by atoms with Gasteiger partial charge in [-0.3, -0.25) is 9.79 Å². The Morgan fingerprint density at radius 2 is 1.96 bits per heavy atom. The lowest BCUT2D eigenvalue weighted by molar-refractivity contribution is 0.0926. The third kappa shape index (κ3) is 5.08. The third-order valence-electron chi connectivity index (χ3n) is 3.13. The van der Waals surface area contributed by atoms with Gasteiger partial charge in [0.05, 0.1) is 6.26 Å². The van der Waals surface area contributed by atoms with Gasteiger partial charge in [-0.05, 0) is 30.3 Å². The van der Waals surface area contributed by atoms with Gasteiger partial charge in [0.15, 0.2) is 11.7 Å². The molecule has 2 aromatic rings. The monoisotopic (exact) mass is 336 g/mol. The van der Waals surface area contributed by atoms with E-state index in [1.54, 1.807) is 19.2 Å². The van der Waals surface area contributed by atoms with Gasteiger partial charge in [0, 0.05) is 32.2 Å². The number of carbonyl (C=O) groups is 1. The van der Waals surface area contributed by atoms with E-state index < -0.39 is 11.6 Å².